The monoisotopic (exact) mass is 460 g/mol. The predicted molar refractivity (Wildman–Crippen MR) is 102 cm³/mol. The van der Waals surface area contributed by atoms with Gasteiger partial charge in [0, 0.05) is 17.4 Å². The van der Waals surface area contributed by atoms with E-state index in [-0.39, 0.29) is 11.3 Å². The van der Waals surface area contributed by atoms with E-state index >= 15 is 0 Å². The van der Waals surface area contributed by atoms with Gasteiger partial charge in [0.05, 0.1) is 8.81 Å². The van der Waals surface area contributed by atoms with Gasteiger partial charge in [0.25, 0.3) is 0 Å². The summed E-state index contributed by atoms with van der Waals surface area (Å²) >= 11 is 12.5. The van der Waals surface area contributed by atoms with Crippen LogP contribution in [0.5, 0.6) is 0 Å². The average Bonchev–Trinajstić information content (AvgIpc) is 2.87. The molecule has 1 aromatic rings. The molecule has 1 aliphatic rings. The first-order valence-electron chi connectivity index (χ1n) is 7.28. The first-order valence-corrected chi connectivity index (χ1v) is 9.25. The first-order chi connectivity index (χ1) is 10.6. The topological polar surface area (TPSA) is 37.3 Å². The lowest BCUT2D eigenvalue weighted by Crippen LogP contribution is -2.24. The van der Waals surface area contributed by atoms with Gasteiger partial charge in [-0.1, -0.05) is 62.4 Å². The Morgan fingerprint density at radius 3 is 2.26 bits per heavy atom. The van der Waals surface area contributed by atoms with Crippen LogP contribution in [0.3, 0.4) is 0 Å². The van der Waals surface area contributed by atoms with Gasteiger partial charge in [-0.25, -0.2) is 0 Å². The van der Waals surface area contributed by atoms with Crippen molar-refractivity contribution in [1.82, 2.24) is 0 Å². The molecule has 23 heavy (non-hydrogen) atoms. The van der Waals surface area contributed by atoms with E-state index in [0.717, 1.165) is 14.5 Å². The number of hydrogen-bond donors (Lipinski definition) is 1. The molecule has 0 bridgehead atoms. The van der Waals surface area contributed by atoms with Crippen LogP contribution in [-0.2, 0) is 17.6 Å². The second-order valence-corrected chi connectivity index (χ2v) is 9.93. The number of benzene rings is 1. The molecule has 0 aliphatic heterocycles. The standard InChI is InChI=1S/C18H19Br2ClO2/c1-11(21)8-12-4-6-13(7-5-12)10-18(16(22)23)14(9-15(19)20)17(18,2)3/h4-7,9,14H,1,8,10H2,2-3H3,(H,22,23)/t14?,18-/m0/s1. The van der Waals surface area contributed by atoms with E-state index < -0.39 is 11.4 Å². The molecule has 2 atom stereocenters. The molecule has 0 spiro atoms. The molecule has 5 heteroatoms. The van der Waals surface area contributed by atoms with Crippen molar-refractivity contribution in [2.45, 2.75) is 26.7 Å². The maximum Gasteiger partial charge on any atom is 0.311 e. The van der Waals surface area contributed by atoms with E-state index in [0.29, 0.717) is 17.9 Å². The molecule has 1 unspecified atom stereocenters. The minimum atomic E-state index is -0.780. The Bertz CT molecular complexity index is 660. The van der Waals surface area contributed by atoms with Gasteiger partial charge in [0.2, 0.25) is 0 Å². The summed E-state index contributed by atoms with van der Waals surface area (Å²) in [5.74, 6) is -0.772. The van der Waals surface area contributed by atoms with Crippen molar-refractivity contribution in [3.05, 3.63) is 56.5 Å². The fourth-order valence-electron chi connectivity index (χ4n) is 3.51. The van der Waals surface area contributed by atoms with Gasteiger partial charge in [-0.3, -0.25) is 4.79 Å². The van der Waals surface area contributed by atoms with Crippen LogP contribution in [0.2, 0.25) is 0 Å². The molecule has 0 radical (unpaired) electrons. The second-order valence-electron chi connectivity index (χ2n) is 6.62. The van der Waals surface area contributed by atoms with E-state index in [9.17, 15) is 9.90 Å². The zero-order valence-corrected chi connectivity index (χ0v) is 17.0. The lowest BCUT2D eigenvalue weighted by atomic mass is 9.88. The quantitative estimate of drug-likeness (QED) is 0.573. The van der Waals surface area contributed by atoms with Gasteiger partial charge in [0.1, 0.15) is 0 Å². The summed E-state index contributed by atoms with van der Waals surface area (Å²) in [4.78, 5) is 12.0. The fourth-order valence-corrected chi connectivity index (χ4v) is 4.20. The van der Waals surface area contributed by atoms with E-state index in [1.807, 2.05) is 44.2 Å². The highest BCUT2D eigenvalue weighted by molar-refractivity contribution is 9.28. The zero-order valence-electron chi connectivity index (χ0n) is 13.1. The van der Waals surface area contributed by atoms with E-state index in [4.69, 9.17) is 11.6 Å². The molecule has 1 saturated carbocycles. The third-order valence-corrected chi connectivity index (χ3v) is 5.61. The van der Waals surface area contributed by atoms with Crippen LogP contribution >= 0.6 is 43.5 Å². The Kier molecular flexibility index (Phi) is 5.49. The molecule has 1 fully saturated rings. The first kappa shape index (κ1) is 18.8. The minimum absolute atomic E-state index is 0.0245. The molecule has 0 amide bonds. The summed E-state index contributed by atoms with van der Waals surface area (Å²) in [6, 6.07) is 7.94. The minimum Gasteiger partial charge on any atom is -0.481 e. The molecular weight excluding hydrogens is 443 g/mol. The molecule has 2 rings (SSSR count). The summed E-state index contributed by atoms with van der Waals surface area (Å²) in [7, 11) is 0. The number of hydrogen-bond acceptors (Lipinski definition) is 1. The molecule has 0 saturated heterocycles. The Hall–Kier alpha value is -0.580. The molecular formula is C18H19Br2ClO2. The number of carboxylic acids is 1. The Labute approximate surface area is 158 Å². The summed E-state index contributed by atoms with van der Waals surface area (Å²) in [6.07, 6.45) is 3.07. The fraction of sp³-hybridized carbons (Fsp3) is 0.389. The summed E-state index contributed by atoms with van der Waals surface area (Å²) < 4.78 is 0.794. The van der Waals surface area contributed by atoms with Crippen molar-refractivity contribution in [3.8, 4) is 0 Å². The van der Waals surface area contributed by atoms with Gasteiger partial charge in [0.15, 0.2) is 0 Å². The molecule has 1 aromatic carbocycles. The van der Waals surface area contributed by atoms with E-state index in [1.165, 1.54) is 0 Å². The lowest BCUT2D eigenvalue weighted by molar-refractivity contribution is -0.145. The number of carboxylic acid groups (broad SMARTS) is 1. The normalized spacial score (nSPS) is 24.8. The average molecular weight is 463 g/mol. The summed E-state index contributed by atoms with van der Waals surface area (Å²) in [6.45, 7) is 7.72. The zero-order chi connectivity index (χ0) is 17.4. The highest BCUT2D eigenvalue weighted by Gasteiger charge is 2.74. The van der Waals surface area contributed by atoms with Gasteiger partial charge in [-0.2, -0.15) is 0 Å². The Morgan fingerprint density at radius 1 is 1.30 bits per heavy atom. The van der Waals surface area contributed by atoms with Crippen LogP contribution in [0.15, 0.2) is 45.3 Å². The Morgan fingerprint density at radius 2 is 1.83 bits per heavy atom. The van der Waals surface area contributed by atoms with Gasteiger partial charge in [-0.05, 0) is 54.8 Å². The third-order valence-electron chi connectivity index (χ3n) is 4.95. The maximum atomic E-state index is 12.0. The van der Waals surface area contributed by atoms with Gasteiger partial charge >= 0.3 is 5.97 Å². The molecule has 0 aromatic heterocycles. The van der Waals surface area contributed by atoms with Crippen LogP contribution < -0.4 is 0 Å². The van der Waals surface area contributed by atoms with Crippen LogP contribution in [0.1, 0.15) is 25.0 Å². The largest absolute Gasteiger partial charge is 0.481 e. The third kappa shape index (κ3) is 3.59. The highest BCUT2D eigenvalue weighted by Crippen LogP contribution is 2.71. The number of allylic oxidation sites excluding steroid dienone is 2. The van der Waals surface area contributed by atoms with Crippen molar-refractivity contribution < 1.29 is 9.90 Å². The number of carbonyl (C=O) groups is 1. The smallest absolute Gasteiger partial charge is 0.311 e. The van der Waals surface area contributed by atoms with Crippen molar-refractivity contribution in [3.63, 3.8) is 0 Å². The van der Waals surface area contributed by atoms with Crippen LogP contribution in [-0.4, -0.2) is 11.1 Å². The van der Waals surface area contributed by atoms with Crippen molar-refractivity contribution >= 4 is 49.4 Å². The predicted octanol–water partition coefficient (Wildman–Crippen LogP) is 5.88. The second kappa shape index (κ2) is 6.73. The highest BCUT2D eigenvalue weighted by atomic mass is 79.9. The Balaban J connectivity index is 2.26. The van der Waals surface area contributed by atoms with Crippen molar-refractivity contribution in [1.29, 1.82) is 0 Å². The molecule has 1 N–H and O–H groups in total. The lowest BCUT2D eigenvalue weighted by Gasteiger charge is -2.16. The van der Waals surface area contributed by atoms with Crippen LogP contribution in [0.4, 0.5) is 0 Å². The van der Waals surface area contributed by atoms with Gasteiger partial charge < -0.3 is 5.11 Å². The molecule has 2 nitrogen and oxygen atoms in total. The number of aliphatic carboxylic acids is 1. The number of rotatable bonds is 6. The summed E-state index contributed by atoms with van der Waals surface area (Å²) in [5.41, 5.74) is 1.02. The molecule has 124 valence electrons. The van der Waals surface area contributed by atoms with Crippen LogP contribution in [0, 0.1) is 16.7 Å². The van der Waals surface area contributed by atoms with Crippen molar-refractivity contribution in [2.24, 2.45) is 16.7 Å². The van der Waals surface area contributed by atoms with Crippen LogP contribution in [0.25, 0.3) is 0 Å². The summed E-state index contributed by atoms with van der Waals surface area (Å²) in [5, 5.41) is 10.5. The van der Waals surface area contributed by atoms with Crippen molar-refractivity contribution in [2.75, 3.05) is 0 Å². The number of halogens is 3. The van der Waals surface area contributed by atoms with E-state index in [1.54, 1.807) is 0 Å². The molecule has 0 heterocycles. The maximum absolute atomic E-state index is 12.0. The van der Waals surface area contributed by atoms with E-state index in [2.05, 4.69) is 38.4 Å². The van der Waals surface area contributed by atoms with Gasteiger partial charge in [-0.15, -0.1) is 0 Å². The SMILES string of the molecule is C=C(Cl)Cc1ccc(C[C@@]2(C(=O)O)C(C=C(Br)Br)C2(C)C)cc1. The molecule has 1 aliphatic carbocycles.